The molecule has 0 aromatic heterocycles. The summed E-state index contributed by atoms with van der Waals surface area (Å²) in [6.45, 7) is 4.07. The summed E-state index contributed by atoms with van der Waals surface area (Å²) < 4.78 is 5.08. The fourth-order valence-corrected chi connectivity index (χ4v) is 2.73. The first-order chi connectivity index (χ1) is 13.8. The lowest BCUT2D eigenvalue weighted by atomic mass is 10.0. The van der Waals surface area contributed by atoms with Crippen LogP contribution in [0.2, 0.25) is 0 Å². The molecule has 0 saturated carbocycles. The highest BCUT2D eigenvalue weighted by atomic mass is 16.6. The molecule has 154 valence electrons. The van der Waals surface area contributed by atoms with E-state index in [0.29, 0.717) is 24.3 Å². The van der Waals surface area contributed by atoms with Gasteiger partial charge in [0.2, 0.25) is 5.91 Å². The van der Waals surface area contributed by atoms with Crippen LogP contribution in [0.4, 0.5) is 5.69 Å². The minimum absolute atomic E-state index is 0.0268. The molecule has 0 spiro atoms. The predicted octanol–water partition coefficient (Wildman–Crippen LogP) is 2.72. The molecular weight excluding hydrogens is 374 g/mol. The lowest BCUT2D eigenvalue weighted by Gasteiger charge is -2.22. The Hall–Kier alpha value is -3.42. The van der Waals surface area contributed by atoms with Gasteiger partial charge in [0, 0.05) is 24.2 Å². The summed E-state index contributed by atoms with van der Waals surface area (Å²) in [5.41, 5.74) is 1.34. The van der Waals surface area contributed by atoms with Gasteiger partial charge in [-0.05, 0) is 42.2 Å². The van der Waals surface area contributed by atoms with Crippen LogP contribution in [0.1, 0.15) is 29.8 Å². The lowest BCUT2D eigenvalue weighted by molar-refractivity contribution is -0.384. The van der Waals surface area contributed by atoms with Crippen molar-refractivity contribution < 1.29 is 19.2 Å². The summed E-state index contributed by atoms with van der Waals surface area (Å²) in [4.78, 5) is 35.2. The molecule has 0 aliphatic heterocycles. The number of hydrogen-bond donors (Lipinski definition) is 2. The first-order valence-corrected chi connectivity index (χ1v) is 9.27. The minimum atomic E-state index is -0.679. The fraction of sp³-hybridized carbons (Fsp3) is 0.333. The summed E-state index contributed by atoms with van der Waals surface area (Å²) in [7, 11) is 1.55. The zero-order chi connectivity index (χ0) is 21.4. The van der Waals surface area contributed by atoms with Crippen LogP contribution < -0.4 is 15.4 Å². The van der Waals surface area contributed by atoms with Gasteiger partial charge in [0.15, 0.2) is 0 Å². The second-order valence-corrected chi connectivity index (χ2v) is 6.89. The number of amides is 2. The minimum Gasteiger partial charge on any atom is -0.497 e. The van der Waals surface area contributed by atoms with Crippen molar-refractivity contribution in [2.24, 2.45) is 5.92 Å². The van der Waals surface area contributed by atoms with Gasteiger partial charge in [-0.1, -0.05) is 26.0 Å². The number of rotatable bonds is 9. The van der Waals surface area contributed by atoms with E-state index in [1.807, 2.05) is 13.8 Å². The monoisotopic (exact) mass is 399 g/mol. The fourth-order valence-electron chi connectivity index (χ4n) is 2.73. The van der Waals surface area contributed by atoms with E-state index in [1.54, 1.807) is 43.5 Å². The van der Waals surface area contributed by atoms with Crippen molar-refractivity contribution in [1.29, 1.82) is 0 Å². The number of methoxy groups -OCH3 is 1. The van der Waals surface area contributed by atoms with Crippen LogP contribution >= 0.6 is 0 Å². The highest BCUT2D eigenvalue weighted by Crippen LogP contribution is 2.13. The molecule has 0 saturated heterocycles. The van der Waals surface area contributed by atoms with E-state index >= 15 is 0 Å². The van der Waals surface area contributed by atoms with Gasteiger partial charge < -0.3 is 15.4 Å². The highest BCUT2D eigenvalue weighted by molar-refractivity contribution is 5.97. The summed E-state index contributed by atoms with van der Waals surface area (Å²) in [5.74, 6) is -0.0665. The summed E-state index contributed by atoms with van der Waals surface area (Å²) in [6, 6.07) is 12.2. The molecule has 2 aromatic rings. The Bertz CT molecular complexity index is 848. The van der Waals surface area contributed by atoms with Gasteiger partial charge >= 0.3 is 0 Å². The summed E-state index contributed by atoms with van der Waals surface area (Å²) in [6.07, 6.45) is 0.529. The first-order valence-electron chi connectivity index (χ1n) is 9.27. The van der Waals surface area contributed by atoms with Gasteiger partial charge in [-0.2, -0.15) is 0 Å². The molecule has 0 aliphatic carbocycles. The second-order valence-electron chi connectivity index (χ2n) is 6.89. The Morgan fingerprint density at radius 2 is 1.69 bits per heavy atom. The number of hydrogen-bond acceptors (Lipinski definition) is 5. The number of non-ortho nitro benzene ring substituents is 1. The number of carbonyl (C=O) groups excluding carboxylic acids is 2. The van der Waals surface area contributed by atoms with Crippen molar-refractivity contribution in [3.8, 4) is 5.75 Å². The number of benzene rings is 2. The molecule has 0 aliphatic rings. The lowest BCUT2D eigenvalue weighted by Crippen LogP contribution is -2.50. The van der Waals surface area contributed by atoms with Crippen molar-refractivity contribution in [1.82, 2.24) is 10.6 Å². The van der Waals surface area contributed by atoms with Crippen LogP contribution in [0.5, 0.6) is 5.75 Å². The smallest absolute Gasteiger partial charge is 0.269 e. The number of carbonyl (C=O) groups is 2. The van der Waals surface area contributed by atoms with Gasteiger partial charge in [0.1, 0.15) is 11.8 Å². The molecule has 2 N–H and O–H groups in total. The molecular formula is C21H25N3O5. The molecule has 8 nitrogen and oxygen atoms in total. The maximum absolute atomic E-state index is 12.6. The molecule has 29 heavy (non-hydrogen) atoms. The summed E-state index contributed by atoms with van der Waals surface area (Å²) >= 11 is 0. The maximum Gasteiger partial charge on any atom is 0.269 e. The third-order valence-electron chi connectivity index (χ3n) is 4.45. The highest BCUT2D eigenvalue weighted by Gasteiger charge is 2.24. The Morgan fingerprint density at radius 1 is 1.07 bits per heavy atom. The van der Waals surface area contributed by atoms with Crippen LogP contribution in [0.3, 0.4) is 0 Å². The van der Waals surface area contributed by atoms with E-state index in [4.69, 9.17) is 4.74 Å². The van der Waals surface area contributed by atoms with Gasteiger partial charge in [0.25, 0.3) is 11.6 Å². The van der Waals surface area contributed by atoms with Crippen LogP contribution in [0, 0.1) is 16.0 Å². The maximum atomic E-state index is 12.6. The van der Waals surface area contributed by atoms with E-state index in [-0.39, 0.29) is 23.4 Å². The number of nitrogens with one attached hydrogen (secondary N) is 2. The molecule has 0 bridgehead atoms. The van der Waals surface area contributed by atoms with Gasteiger partial charge in [0.05, 0.1) is 12.0 Å². The first kappa shape index (κ1) is 21.9. The van der Waals surface area contributed by atoms with Gasteiger partial charge in [-0.15, -0.1) is 0 Å². The van der Waals surface area contributed by atoms with Crippen molar-refractivity contribution in [2.45, 2.75) is 26.3 Å². The van der Waals surface area contributed by atoms with E-state index in [0.717, 1.165) is 5.56 Å². The molecule has 1 atom stereocenters. The number of nitro benzene ring substituents is 1. The Morgan fingerprint density at radius 3 is 2.21 bits per heavy atom. The number of nitro groups is 1. The third kappa shape index (κ3) is 6.31. The van der Waals surface area contributed by atoms with Crippen molar-refractivity contribution >= 4 is 17.5 Å². The molecule has 0 heterocycles. The Labute approximate surface area is 169 Å². The van der Waals surface area contributed by atoms with E-state index in [9.17, 15) is 19.7 Å². The Kier molecular flexibility index (Phi) is 7.70. The summed E-state index contributed by atoms with van der Waals surface area (Å²) in [5, 5.41) is 16.3. The topological polar surface area (TPSA) is 111 Å². The van der Waals surface area contributed by atoms with E-state index in [2.05, 4.69) is 10.6 Å². The largest absolute Gasteiger partial charge is 0.497 e. The standard InChI is InChI=1S/C21H25N3O5/c1-14(2)19(23-20(25)16-6-10-18(29-3)11-7-16)21(26)22-13-12-15-4-8-17(9-5-15)24(27)28/h4-11,14,19H,12-13H2,1-3H3,(H,22,26)(H,23,25). The van der Waals surface area contributed by atoms with Crippen molar-refractivity contribution in [3.63, 3.8) is 0 Å². The molecule has 0 fully saturated rings. The van der Waals surface area contributed by atoms with Crippen molar-refractivity contribution in [2.75, 3.05) is 13.7 Å². The van der Waals surface area contributed by atoms with Crippen LogP contribution in [-0.4, -0.2) is 36.4 Å². The second kappa shape index (κ2) is 10.2. The average molecular weight is 399 g/mol. The molecule has 0 radical (unpaired) electrons. The molecule has 1 unspecified atom stereocenters. The number of ether oxygens (including phenoxy) is 1. The number of nitrogens with zero attached hydrogens (tertiary/aromatic N) is 1. The molecule has 2 rings (SSSR count). The molecule has 2 amide bonds. The SMILES string of the molecule is COc1ccc(C(=O)NC(C(=O)NCCc2ccc([N+](=O)[O-])cc2)C(C)C)cc1. The molecule has 2 aromatic carbocycles. The van der Waals surface area contributed by atoms with Crippen LogP contribution in [0.25, 0.3) is 0 Å². The zero-order valence-corrected chi connectivity index (χ0v) is 16.7. The average Bonchev–Trinajstić information content (AvgIpc) is 2.71. The Balaban J connectivity index is 1.91. The predicted molar refractivity (Wildman–Crippen MR) is 109 cm³/mol. The third-order valence-corrected chi connectivity index (χ3v) is 4.45. The van der Waals surface area contributed by atoms with Crippen LogP contribution in [-0.2, 0) is 11.2 Å². The van der Waals surface area contributed by atoms with Gasteiger partial charge in [-0.3, -0.25) is 19.7 Å². The molecule has 8 heteroatoms. The van der Waals surface area contributed by atoms with E-state index < -0.39 is 11.0 Å². The van der Waals surface area contributed by atoms with Gasteiger partial charge in [-0.25, -0.2) is 0 Å². The normalized spacial score (nSPS) is 11.6. The quantitative estimate of drug-likeness (QED) is 0.498. The van der Waals surface area contributed by atoms with E-state index in [1.165, 1.54) is 12.1 Å². The zero-order valence-electron chi connectivity index (χ0n) is 16.7. The van der Waals surface area contributed by atoms with Crippen molar-refractivity contribution in [3.05, 3.63) is 69.8 Å². The van der Waals surface area contributed by atoms with Crippen LogP contribution in [0.15, 0.2) is 48.5 Å².